The predicted molar refractivity (Wildman–Crippen MR) is 55.5 cm³/mol. The minimum absolute atomic E-state index is 0.338. The van der Waals surface area contributed by atoms with Gasteiger partial charge < -0.3 is 5.32 Å². The second-order valence-corrected chi connectivity index (χ2v) is 2.73. The summed E-state index contributed by atoms with van der Waals surface area (Å²) in [4.78, 5) is 4.23. The minimum atomic E-state index is 0.338. The maximum absolute atomic E-state index is 8.49. The zero-order valence-corrected chi connectivity index (χ0v) is 7.83. The molecule has 0 aliphatic carbocycles. The number of nitrogens with zero attached hydrogens (tertiary/aromatic N) is 2. The van der Waals surface area contributed by atoms with Gasteiger partial charge in [0, 0.05) is 13.0 Å². The van der Waals surface area contributed by atoms with Gasteiger partial charge >= 0.3 is 0 Å². The lowest BCUT2D eigenvalue weighted by Gasteiger charge is -2.03. The van der Waals surface area contributed by atoms with E-state index in [9.17, 15) is 0 Å². The molecule has 0 saturated heterocycles. The highest BCUT2D eigenvalue weighted by Gasteiger charge is 1.95. The molecule has 0 saturated carbocycles. The summed E-state index contributed by atoms with van der Waals surface area (Å²) in [6.07, 6.45) is 6.13. The van der Waals surface area contributed by atoms with Gasteiger partial charge in [0.25, 0.3) is 0 Å². The minimum Gasteiger partial charge on any atom is -0.369 e. The number of aromatic nitrogens is 1. The molecule has 0 radical (unpaired) electrons. The third-order valence-electron chi connectivity index (χ3n) is 1.64. The normalized spacial score (nSPS) is 8.71. The van der Waals surface area contributed by atoms with Crippen molar-refractivity contribution in [3.8, 4) is 18.4 Å². The summed E-state index contributed by atoms with van der Waals surface area (Å²) in [5.74, 6) is 3.31. The first-order chi connectivity index (χ1) is 6.86. The van der Waals surface area contributed by atoms with Gasteiger partial charge in [-0.25, -0.2) is 4.98 Å². The van der Waals surface area contributed by atoms with Crippen LogP contribution in [0.15, 0.2) is 18.2 Å². The number of terminal acetylenes is 1. The molecule has 1 aromatic heterocycles. The van der Waals surface area contributed by atoms with Gasteiger partial charge in [0.05, 0.1) is 18.2 Å². The summed E-state index contributed by atoms with van der Waals surface area (Å²) < 4.78 is 0. The van der Waals surface area contributed by atoms with Gasteiger partial charge in [0.15, 0.2) is 0 Å². The Kier molecular flexibility index (Phi) is 4.04. The van der Waals surface area contributed by atoms with E-state index in [0.717, 1.165) is 11.5 Å². The Morgan fingerprint density at radius 2 is 2.36 bits per heavy atom. The van der Waals surface area contributed by atoms with Crippen LogP contribution in [0, 0.1) is 23.7 Å². The molecule has 1 aromatic rings. The molecule has 1 rings (SSSR count). The zero-order chi connectivity index (χ0) is 10.2. The van der Waals surface area contributed by atoms with Crippen molar-refractivity contribution in [2.24, 2.45) is 0 Å². The van der Waals surface area contributed by atoms with E-state index < -0.39 is 0 Å². The van der Waals surface area contributed by atoms with Crippen LogP contribution in [0.2, 0.25) is 0 Å². The number of pyridine rings is 1. The molecule has 14 heavy (non-hydrogen) atoms. The molecule has 0 aliphatic rings. The number of rotatable bonds is 4. The molecule has 0 aromatic carbocycles. The van der Waals surface area contributed by atoms with Crippen LogP contribution < -0.4 is 5.32 Å². The van der Waals surface area contributed by atoms with Crippen molar-refractivity contribution in [2.45, 2.75) is 12.8 Å². The van der Waals surface area contributed by atoms with Crippen LogP contribution in [-0.2, 0) is 6.42 Å². The average Bonchev–Trinajstić information content (AvgIpc) is 2.19. The standard InChI is InChI=1S/C11H11N3/c1-2-3-9-13-11-6-4-5-10(14-11)7-8-12/h1,4-6H,3,7,9H2,(H,13,14). The zero-order valence-electron chi connectivity index (χ0n) is 7.83. The van der Waals surface area contributed by atoms with Crippen molar-refractivity contribution >= 4 is 5.82 Å². The number of hydrogen-bond acceptors (Lipinski definition) is 3. The molecule has 0 unspecified atom stereocenters. The van der Waals surface area contributed by atoms with Crippen molar-refractivity contribution < 1.29 is 0 Å². The maximum Gasteiger partial charge on any atom is 0.126 e. The molecule has 3 heteroatoms. The van der Waals surface area contributed by atoms with Crippen LogP contribution in [0.5, 0.6) is 0 Å². The first kappa shape index (κ1) is 10.1. The van der Waals surface area contributed by atoms with Crippen LogP contribution in [0.1, 0.15) is 12.1 Å². The van der Waals surface area contributed by atoms with Gasteiger partial charge in [-0.3, -0.25) is 0 Å². The van der Waals surface area contributed by atoms with Gasteiger partial charge in [-0.2, -0.15) is 5.26 Å². The van der Waals surface area contributed by atoms with Crippen LogP contribution in [-0.4, -0.2) is 11.5 Å². The summed E-state index contributed by atoms with van der Waals surface area (Å²) in [7, 11) is 0. The Morgan fingerprint density at radius 3 is 3.07 bits per heavy atom. The Morgan fingerprint density at radius 1 is 1.50 bits per heavy atom. The van der Waals surface area contributed by atoms with E-state index in [0.29, 0.717) is 19.4 Å². The van der Waals surface area contributed by atoms with E-state index in [-0.39, 0.29) is 0 Å². The van der Waals surface area contributed by atoms with Crippen molar-refractivity contribution in [3.05, 3.63) is 23.9 Å². The number of anilines is 1. The summed E-state index contributed by atoms with van der Waals surface area (Å²) in [6.45, 7) is 0.708. The second kappa shape index (κ2) is 5.61. The highest BCUT2D eigenvalue weighted by Crippen LogP contribution is 2.04. The third-order valence-corrected chi connectivity index (χ3v) is 1.64. The fraction of sp³-hybridized carbons (Fsp3) is 0.273. The van der Waals surface area contributed by atoms with Crippen molar-refractivity contribution in [2.75, 3.05) is 11.9 Å². The summed E-state index contributed by atoms with van der Waals surface area (Å²) in [5.41, 5.74) is 0.776. The Bertz CT molecular complexity index is 371. The molecule has 0 spiro atoms. The van der Waals surface area contributed by atoms with Gasteiger partial charge in [0.1, 0.15) is 5.82 Å². The molecule has 0 amide bonds. The number of hydrogen-bond donors (Lipinski definition) is 1. The van der Waals surface area contributed by atoms with Crippen LogP contribution in [0.25, 0.3) is 0 Å². The van der Waals surface area contributed by atoms with Crippen molar-refractivity contribution in [3.63, 3.8) is 0 Å². The summed E-state index contributed by atoms with van der Waals surface area (Å²) >= 11 is 0. The largest absolute Gasteiger partial charge is 0.369 e. The van der Waals surface area contributed by atoms with Gasteiger partial charge in [0.2, 0.25) is 0 Å². The Labute approximate surface area is 83.8 Å². The molecule has 0 bridgehead atoms. The second-order valence-electron chi connectivity index (χ2n) is 2.73. The fourth-order valence-corrected chi connectivity index (χ4v) is 1.02. The topological polar surface area (TPSA) is 48.7 Å². The van der Waals surface area contributed by atoms with E-state index in [1.54, 1.807) is 0 Å². The monoisotopic (exact) mass is 185 g/mol. The van der Waals surface area contributed by atoms with Crippen LogP contribution in [0.3, 0.4) is 0 Å². The van der Waals surface area contributed by atoms with Gasteiger partial charge in [-0.1, -0.05) is 6.07 Å². The first-order valence-electron chi connectivity index (χ1n) is 4.37. The van der Waals surface area contributed by atoms with Gasteiger partial charge in [-0.05, 0) is 12.1 Å². The summed E-state index contributed by atoms with van der Waals surface area (Å²) in [6, 6.07) is 7.62. The lowest BCUT2D eigenvalue weighted by atomic mass is 10.3. The number of nitrogens with one attached hydrogen (secondary N) is 1. The molecule has 1 heterocycles. The average molecular weight is 185 g/mol. The molecule has 0 aliphatic heterocycles. The number of nitriles is 1. The quantitative estimate of drug-likeness (QED) is 0.572. The van der Waals surface area contributed by atoms with E-state index in [4.69, 9.17) is 11.7 Å². The smallest absolute Gasteiger partial charge is 0.126 e. The molecule has 0 atom stereocenters. The molecule has 1 N–H and O–H groups in total. The van der Waals surface area contributed by atoms with Crippen LogP contribution >= 0.6 is 0 Å². The van der Waals surface area contributed by atoms with E-state index in [2.05, 4.69) is 22.3 Å². The highest BCUT2D eigenvalue weighted by molar-refractivity contribution is 5.35. The first-order valence-corrected chi connectivity index (χ1v) is 4.37. The molecule has 3 nitrogen and oxygen atoms in total. The SMILES string of the molecule is C#CCCNc1cccc(CC#N)n1. The van der Waals surface area contributed by atoms with E-state index in [1.807, 2.05) is 18.2 Å². The van der Waals surface area contributed by atoms with Crippen molar-refractivity contribution in [1.82, 2.24) is 4.98 Å². The molecular formula is C11H11N3. The fourth-order valence-electron chi connectivity index (χ4n) is 1.02. The molecule has 0 fully saturated rings. The summed E-state index contributed by atoms with van der Waals surface area (Å²) in [5, 5.41) is 11.6. The maximum atomic E-state index is 8.49. The lowest BCUT2D eigenvalue weighted by Crippen LogP contribution is -2.03. The van der Waals surface area contributed by atoms with Crippen molar-refractivity contribution in [1.29, 1.82) is 5.26 Å². The Hall–Kier alpha value is -2.00. The van der Waals surface area contributed by atoms with Gasteiger partial charge in [-0.15, -0.1) is 12.3 Å². The molecule has 70 valence electrons. The van der Waals surface area contributed by atoms with Crippen LogP contribution in [0.4, 0.5) is 5.82 Å². The Balaban J connectivity index is 2.56. The van der Waals surface area contributed by atoms with E-state index >= 15 is 0 Å². The lowest BCUT2D eigenvalue weighted by molar-refractivity contribution is 1.04. The van der Waals surface area contributed by atoms with E-state index in [1.165, 1.54) is 0 Å². The third kappa shape index (κ3) is 3.16. The predicted octanol–water partition coefficient (Wildman–Crippen LogP) is 1.58. The highest BCUT2D eigenvalue weighted by atomic mass is 15.0. The molecular weight excluding hydrogens is 174 g/mol.